The van der Waals surface area contributed by atoms with Crippen LogP contribution >= 0.6 is 0 Å². The van der Waals surface area contributed by atoms with Gasteiger partial charge >= 0.3 is 0 Å². The van der Waals surface area contributed by atoms with Crippen molar-refractivity contribution in [2.75, 3.05) is 26.7 Å². The molecule has 0 aliphatic carbocycles. The Morgan fingerprint density at radius 2 is 1.83 bits per heavy atom. The van der Waals surface area contributed by atoms with Gasteiger partial charge in [-0.15, -0.1) is 0 Å². The van der Waals surface area contributed by atoms with Gasteiger partial charge < -0.3 is 10.0 Å². The molecule has 0 saturated carbocycles. The summed E-state index contributed by atoms with van der Waals surface area (Å²) in [5.41, 5.74) is 1.04. The van der Waals surface area contributed by atoms with Crippen LogP contribution in [-0.2, 0) is 5.41 Å². The molecule has 1 aromatic rings. The van der Waals surface area contributed by atoms with E-state index >= 15 is 0 Å². The van der Waals surface area contributed by atoms with Crippen molar-refractivity contribution in [3.63, 3.8) is 0 Å². The van der Waals surface area contributed by atoms with E-state index < -0.39 is 0 Å². The minimum atomic E-state index is -0.174. The van der Waals surface area contributed by atoms with Gasteiger partial charge in [0.05, 0.1) is 6.61 Å². The predicted octanol–water partition coefficient (Wildman–Crippen LogP) is 2.91. The highest BCUT2D eigenvalue weighted by Gasteiger charge is 2.27. The molecule has 2 heteroatoms. The fourth-order valence-corrected chi connectivity index (χ4v) is 2.23. The van der Waals surface area contributed by atoms with Crippen molar-refractivity contribution in [2.45, 2.75) is 32.6 Å². The van der Waals surface area contributed by atoms with E-state index in [1.807, 2.05) is 18.2 Å². The average molecular weight is 249 g/mol. The van der Waals surface area contributed by atoms with E-state index in [0.717, 1.165) is 19.0 Å². The lowest BCUT2D eigenvalue weighted by molar-refractivity contribution is 0.156. The van der Waals surface area contributed by atoms with Crippen molar-refractivity contribution in [3.8, 4) is 0 Å². The van der Waals surface area contributed by atoms with Crippen LogP contribution in [0.15, 0.2) is 30.3 Å². The van der Waals surface area contributed by atoms with Gasteiger partial charge in [-0.2, -0.15) is 0 Å². The Bertz CT molecular complexity index is 336. The van der Waals surface area contributed by atoms with Crippen LogP contribution in [-0.4, -0.2) is 36.8 Å². The molecule has 0 saturated heterocycles. The number of rotatable bonds is 7. The first-order chi connectivity index (χ1) is 8.48. The maximum absolute atomic E-state index is 9.74. The van der Waals surface area contributed by atoms with E-state index in [1.165, 1.54) is 12.0 Å². The standard InChI is InChI=1S/C16H27NO/c1-14(2)10-11-17(4)12-16(3,13-18)15-8-6-5-7-9-15/h5-9,14,18H,10-13H2,1-4H3. The Kier molecular flexibility index (Phi) is 5.83. The first-order valence-electron chi connectivity index (χ1n) is 6.83. The van der Waals surface area contributed by atoms with Gasteiger partial charge in [-0.25, -0.2) is 0 Å². The molecule has 0 aliphatic heterocycles. The van der Waals surface area contributed by atoms with Crippen molar-refractivity contribution in [1.82, 2.24) is 4.90 Å². The second kappa shape index (κ2) is 6.91. The summed E-state index contributed by atoms with van der Waals surface area (Å²) in [6.45, 7) is 8.78. The molecule has 0 radical (unpaired) electrons. The summed E-state index contributed by atoms with van der Waals surface area (Å²) in [5, 5.41) is 9.74. The average Bonchev–Trinajstić information content (AvgIpc) is 2.37. The number of hydrogen-bond acceptors (Lipinski definition) is 2. The molecule has 1 aromatic carbocycles. The van der Waals surface area contributed by atoms with Crippen LogP contribution in [0.1, 0.15) is 32.8 Å². The molecule has 0 fully saturated rings. The molecule has 1 N–H and O–H groups in total. The van der Waals surface area contributed by atoms with Gasteiger partial charge in [0.15, 0.2) is 0 Å². The topological polar surface area (TPSA) is 23.5 Å². The lowest BCUT2D eigenvalue weighted by Gasteiger charge is -2.33. The minimum absolute atomic E-state index is 0.174. The Balaban J connectivity index is 2.65. The summed E-state index contributed by atoms with van der Waals surface area (Å²) in [6.07, 6.45) is 1.20. The van der Waals surface area contributed by atoms with Gasteiger partial charge in [-0.3, -0.25) is 0 Å². The summed E-state index contributed by atoms with van der Waals surface area (Å²) < 4.78 is 0. The highest BCUT2D eigenvalue weighted by atomic mass is 16.3. The largest absolute Gasteiger partial charge is 0.395 e. The number of likely N-dealkylation sites (N-methyl/N-ethyl adjacent to an activating group) is 1. The number of hydrogen-bond donors (Lipinski definition) is 1. The van der Waals surface area contributed by atoms with Crippen LogP contribution in [0.2, 0.25) is 0 Å². The zero-order chi connectivity index (χ0) is 13.6. The third-order valence-corrected chi connectivity index (χ3v) is 3.53. The van der Waals surface area contributed by atoms with Crippen molar-refractivity contribution in [3.05, 3.63) is 35.9 Å². The zero-order valence-corrected chi connectivity index (χ0v) is 12.2. The summed E-state index contributed by atoms with van der Waals surface area (Å²) in [5.74, 6) is 0.726. The summed E-state index contributed by atoms with van der Waals surface area (Å²) in [4.78, 5) is 2.32. The third-order valence-electron chi connectivity index (χ3n) is 3.53. The van der Waals surface area contributed by atoms with E-state index in [2.05, 4.69) is 44.9 Å². The molecular weight excluding hydrogens is 222 g/mol. The molecule has 0 aromatic heterocycles. The second-order valence-electron chi connectivity index (χ2n) is 6.01. The van der Waals surface area contributed by atoms with Crippen LogP contribution in [0.25, 0.3) is 0 Å². The molecule has 18 heavy (non-hydrogen) atoms. The summed E-state index contributed by atoms with van der Waals surface area (Å²) in [6, 6.07) is 10.3. The number of aliphatic hydroxyl groups is 1. The first kappa shape index (κ1) is 15.2. The fourth-order valence-electron chi connectivity index (χ4n) is 2.23. The fraction of sp³-hybridized carbons (Fsp3) is 0.625. The molecule has 1 unspecified atom stereocenters. The van der Waals surface area contributed by atoms with Crippen LogP contribution in [0.5, 0.6) is 0 Å². The normalized spacial score (nSPS) is 15.1. The highest BCUT2D eigenvalue weighted by molar-refractivity contribution is 5.25. The van der Waals surface area contributed by atoms with Gasteiger partial charge in [0.2, 0.25) is 0 Å². The monoisotopic (exact) mass is 249 g/mol. The Morgan fingerprint density at radius 1 is 1.22 bits per heavy atom. The number of nitrogens with zero attached hydrogens (tertiary/aromatic N) is 1. The van der Waals surface area contributed by atoms with Crippen LogP contribution in [0.4, 0.5) is 0 Å². The van der Waals surface area contributed by atoms with Gasteiger partial charge in [-0.05, 0) is 31.5 Å². The molecule has 0 spiro atoms. The molecular formula is C16H27NO. The molecule has 1 rings (SSSR count). The van der Waals surface area contributed by atoms with Crippen LogP contribution in [0.3, 0.4) is 0 Å². The lowest BCUT2D eigenvalue weighted by atomic mass is 9.83. The molecule has 0 aliphatic rings. The maximum Gasteiger partial charge on any atom is 0.0537 e. The molecule has 0 heterocycles. The van der Waals surface area contributed by atoms with E-state index in [0.29, 0.717) is 0 Å². The van der Waals surface area contributed by atoms with E-state index in [1.54, 1.807) is 0 Å². The Hall–Kier alpha value is -0.860. The number of benzene rings is 1. The predicted molar refractivity (Wildman–Crippen MR) is 77.8 cm³/mol. The molecule has 102 valence electrons. The SMILES string of the molecule is CC(C)CCN(C)CC(C)(CO)c1ccccc1. The Morgan fingerprint density at radius 3 is 2.33 bits per heavy atom. The minimum Gasteiger partial charge on any atom is -0.395 e. The lowest BCUT2D eigenvalue weighted by Crippen LogP contribution is -2.40. The number of aliphatic hydroxyl groups excluding tert-OH is 1. The zero-order valence-electron chi connectivity index (χ0n) is 12.2. The van der Waals surface area contributed by atoms with Crippen molar-refractivity contribution >= 4 is 0 Å². The van der Waals surface area contributed by atoms with Gasteiger partial charge in [0.25, 0.3) is 0 Å². The van der Waals surface area contributed by atoms with Gasteiger partial charge in [0, 0.05) is 12.0 Å². The molecule has 0 amide bonds. The molecule has 1 atom stereocenters. The van der Waals surface area contributed by atoms with Gasteiger partial charge in [0.1, 0.15) is 0 Å². The van der Waals surface area contributed by atoms with Gasteiger partial charge in [-0.1, -0.05) is 51.1 Å². The second-order valence-corrected chi connectivity index (χ2v) is 6.01. The van der Waals surface area contributed by atoms with Crippen LogP contribution < -0.4 is 0 Å². The van der Waals surface area contributed by atoms with Crippen LogP contribution in [0, 0.1) is 5.92 Å². The Labute approximate surface area is 112 Å². The third kappa shape index (κ3) is 4.43. The highest BCUT2D eigenvalue weighted by Crippen LogP contribution is 2.24. The van der Waals surface area contributed by atoms with Crippen molar-refractivity contribution in [1.29, 1.82) is 0 Å². The summed E-state index contributed by atoms with van der Waals surface area (Å²) >= 11 is 0. The van der Waals surface area contributed by atoms with Crippen molar-refractivity contribution in [2.24, 2.45) is 5.92 Å². The van der Waals surface area contributed by atoms with E-state index in [4.69, 9.17) is 0 Å². The first-order valence-corrected chi connectivity index (χ1v) is 6.83. The van der Waals surface area contributed by atoms with E-state index in [-0.39, 0.29) is 12.0 Å². The molecule has 0 bridgehead atoms. The summed E-state index contributed by atoms with van der Waals surface area (Å²) in [7, 11) is 2.14. The molecule has 2 nitrogen and oxygen atoms in total. The van der Waals surface area contributed by atoms with Crippen molar-refractivity contribution < 1.29 is 5.11 Å². The van der Waals surface area contributed by atoms with E-state index in [9.17, 15) is 5.11 Å². The quantitative estimate of drug-likeness (QED) is 0.803. The smallest absolute Gasteiger partial charge is 0.0537 e. The maximum atomic E-state index is 9.74.